The maximum absolute atomic E-state index is 12.3. The van der Waals surface area contributed by atoms with Crippen molar-refractivity contribution in [3.05, 3.63) is 29.3 Å². The lowest BCUT2D eigenvalue weighted by atomic mass is 10.1. The third kappa shape index (κ3) is 4.76. The minimum atomic E-state index is -0.449. The summed E-state index contributed by atoms with van der Waals surface area (Å²) in [5.74, 6) is 0.797. The first-order chi connectivity index (χ1) is 10.1. The van der Waals surface area contributed by atoms with Gasteiger partial charge in [-0.15, -0.1) is 0 Å². The molecule has 0 radical (unpaired) electrons. The van der Waals surface area contributed by atoms with Crippen molar-refractivity contribution in [2.45, 2.75) is 71.4 Å². The molecule has 1 N–H and O–H groups in total. The zero-order chi connectivity index (χ0) is 15.2. The summed E-state index contributed by atoms with van der Waals surface area (Å²) in [7, 11) is 0. The van der Waals surface area contributed by atoms with E-state index in [1.165, 1.54) is 31.2 Å². The molecule has 0 spiro atoms. The van der Waals surface area contributed by atoms with E-state index >= 15 is 0 Å². The zero-order valence-corrected chi connectivity index (χ0v) is 13.4. The fourth-order valence-corrected chi connectivity index (χ4v) is 2.92. The number of carbonyl (C=O) groups is 1. The van der Waals surface area contributed by atoms with E-state index in [4.69, 9.17) is 4.74 Å². The van der Waals surface area contributed by atoms with Gasteiger partial charge in [0.1, 0.15) is 5.75 Å². The SMILES string of the molecule is Cc1ccc(OC(C)C(=O)NC2CCCCCC2)c(C)c1. The number of aryl methyl sites for hydroxylation is 2. The van der Waals surface area contributed by atoms with E-state index in [9.17, 15) is 4.79 Å². The highest BCUT2D eigenvalue weighted by molar-refractivity contribution is 5.81. The molecule has 1 saturated carbocycles. The van der Waals surface area contributed by atoms with Crippen LogP contribution in [0.4, 0.5) is 0 Å². The van der Waals surface area contributed by atoms with E-state index in [1.54, 1.807) is 0 Å². The molecule has 0 saturated heterocycles. The first kappa shape index (κ1) is 15.9. The molecule has 1 aromatic carbocycles. The van der Waals surface area contributed by atoms with Crippen molar-refractivity contribution in [3.8, 4) is 5.75 Å². The normalized spacial score (nSPS) is 17.9. The monoisotopic (exact) mass is 289 g/mol. The van der Waals surface area contributed by atoms with Crippen LogP contribution in [0.5, 0.6) is 5.75 Å². The molecule has 0 aliphatic heterocycles. The van der Waals surface area contributed by atoms with Crippen molar-refractivity contribution < 1.29 is 9.53 Å². The van der Waals surface area contributed by atoms with Gasteiger partial charge in [0.05, 0.1) is 0 Å². The average molecular weight is 289 g/mol. The van der Waals surface area contributed by atoms with Gasteiger partial charge in [-0.1, -0.05) is 43.4 Å². The average Bonchev–Trinajstić information content (AvgIpc) is 2.70. The van der Waals surface area contributed by atoms with Crippen LogP contribution in [0, 0.1) is 13.8 Å². The molecule has 1 aromatic rings. The minimum absolute atomic E-state index is 0.00174. The van der Waals surface area contributed by atoms with Crippen LogP contribution in [0.25, 0.3) is 0 Å². The van der Waals surface area contributed by atoms with Gasteiger partial charge in [0.2, 0.25) is 0 Å². The molecular formula is C18H27NO2. The third-order valence-corrected chi connectivity index (χ3v) is 4.20. The Morgan fingerprint density at radius 2 is 1.86 bits per heavy atom. The molecule has 2 rings (SSSR count). The van der Waals surface area contributed by atoms with E-state index in [-0.39, 0.29) is 5.91 Å². The molecule has 1 atom stereocenters. The molecule has 0 bridgehead atoms. The summed E-state index contributed by atoms with van der Waals surface area (Å²) < 4.78 is 5.82. The Kier molecular flexibility index (Phi) is 5.66. The Morgan fingerprint density at radius 1 is 1.19 bits per heavy atom. The van der Waals surface area contributed by atoms with Crippen molar-refractivity contribution in [2.24, 2.45) is 0 Å². The van der Waals surface area contributed by atoms with Gasteiger partial charge in [0.25, 0.3) is 5.91 Å². The standard InChI is InChI=1S/C18H27NO2/c1-13-10-11-17(14(2)12-13)21-15(3)18(20)19-16-8-6-4-5-7-9-16/h10-12,15-16H,4-9H2,1-3H3,(H,19,20). The van der Waals surface area contributed by atoms with Crippen LogP contribution in [0.1, 0.15) is 56.6 Å². The maximum atomic E-state index is 12.3. The van der Waals surface area contributed by atoms with Crippen LogP contribution < -0.4 is 10.1 Å². The highest BCUT2D eigenvalue weighted by atomic mass is 16.5. The Balaban J connectivity index is 1.89. The molecule has 3 nitrogen and oxygen atoms in total. The quantitative estimate of drug-likeness (QED) is 0.853. The number of hydrogen-bond donors (Lipinski definition) is 1. The molecule has 1 aliphatic carbocycles. The van der Waals surface area contributed by atoms with Crippen molar-refractivity contribution in [3.63, 3.8) is 0 Å². The van der Waals surface area contributed by atoms with E-state index in [2.05, 4.69) is 18.3 Å². The minimum Gasteiger partial charge on any atom is -0.481 e. The fourth-order valence-electron chi connectivity index (χ4n) is 2.92. The third-order valence-electron chi connectivity index (χ3n) is 4.20. The van der Waals surface area contributed by atoms with Crippen molar-refractivity contribution in [1.82, 2.24) is 5.32 Å². The topological polar surface area (TPSA) is 38.3 Å². The number of nitrogens with one attached hydrogen (secondary N) is 1. The molecule has 3 heteroatoms. The maximum Gasteiger partial charge on any atom is 0.260 e. The van der Waals surface area contributed by atoms with Gasteiger partial charge in [-0.3, -0.25) is 4.79 Å². The van der Waals surface area contributed by atoms with Crippen molar-refractivity contribution in [2.75, 3.05) is 0 Å². The summed E-state index contributed by atoms with van der Waals surface area (Å²) in [6.07, 6.45) is 6.77. The first-order valence-corrected chi connectivity index (χ1v) is 8.10. The lowest BCUT2D eigenvalue weighted by Crippen LogP contribution is -2.42. The van der Waals surface area contributed by atoms with Gasteiger partial charge in [-0.2, -0.15) is 0 Å². The van der Waals surface area contributed by atoms with Crippen LogP contribution in [0.2, 0.25) is 0 Å². The lowest BCUT2D eigenvalue weighted by Gasteiger charge is -2.21. The molecule has 0 aromatic heterocycles. The largest absolute Gasteiger partial charge is 0.481 e. The Bertz CT molecular complexity index is 476. The smallest absolute Gasteiger partial charge is 0.260 e. The van der Waals surface area contributed by atoms with Crippen LogP contribution in [-0.2, 0) is 4.79 Å². The first-order valence-electron chi connectivity index (χ1n) is 8.10. The highest BCUT2D eigenvalue weighted by Gasteiger charge is 2.20. The summed E-state index contributed by atoms with van der Waals surface area (Å²) >= 11 is 0. The highest BCUT2D eigenvalue weighted by Crippen LogP contribution is 2.21. The molecule has 116 valence electrons. The van der Waals surface area contributed by atoms with Gasteiger partial charge in [0.15, 0.2) is 6.10 Å². The van der Waals surface area contributed by atoms with Crippen LogP contribution in [0.3, 0.4) is 0 Å². The lowest BCUT2D eigenvalue weighted by molar-refractivity contribution is -0.128. The van der Waals surface area contributed by atoms with Gasteiger partial charge >= 0.3 is 0 Å². The second-order valence-corrected chi connectivity index (χ2v) is 6.23. The fraction of sp³-hybridized carbons (Fsp3) is 0.611. The predicted octanol–water partition coefficient (Wildman–Crippen LogP) is 3.91. The van der Waals surface area contributed by atoms with E-state index < -0.39 is 6.10 Å². The van der Waals surface area contributed by atoms with E-state index in [0.717, 1.165) is 24.2 Å². The molecule has 0 heterocycles. The summed E-state index contributed by atoms with van der Waals surface area (Å²) in [5.41, 5.74) is 2.28. The molecule has 21 heavy (non-hydrogen) atoms. The van der Waals surface area contributed by atoms with E-state index in [1.807, 2.05) is 26.0 Å². The summed E-state index contributed by atoms with van der Waals surface area (Å²) in [6.45, 7) is 5.89. The number of ether oxygens (including phenoxy) is 1. The van der Waals surface area contributed by atoms with Gasteiger partial charge in [-0.05, 0) is 45.2 Å². The number of carbonyl (C=O) groups excluding carboxylic acids is 1. The Hall–Kier alpha value is -1.51. The predicted molar refractivity (Wildman–Crippen MR) is 85.6 cm³/mol. The Labute approximate surface area is 128 Å². The van der Waals surface area contributed by atoms with Crippen molar-refractivity contribution in [1.29, 1.82) is 0 Å². The number of benzene rings is 1. The summed E-state index contributed by atoms with van der Waals surface area (Å²) in [6, 6.07) is 6.36. The van der Waals surface area contributed by atoms with Crippen LogP contribution in [0.15, 0.2) is 18.2 Å². The summed E-state index contributed by atoms with van der Waals surface area (Å²) in [5, 5.41) is 3.15. The molecule has 1 amide bonds. The zero-order valence-electron chi connectivity index (χ0n) is 13.4. The van der Waals surface area contributed by atoms with Crippen LogP contribution >= 0.6 is 0 Å². The van der Waals surface area contributed by atoms with Crippen molar-refractivity contribution >= 4 is 5.91 Å². The second kappa shape index (κ2) is 7.48. The Morgan fingerprint density at radius 3 is 2.48 bits per heavy atom. The summed E-state index contributed by atoms with van der Waals surface area (Å²) in [4.78, 5) is 12.3. The molecule has 1 unspecified atom stereocenters. The second-order valence-electron chi connectivity index (χ2n) is 6.23. The van der Waals surface area contributed by atoms with Gasteiger partial charge < -0.3 is 10.1 Å². The van der Waals surface area contributed by atoms with Gasteiger partial charge in [0, 0.05) is 6.04 Å². The number of hydrogen-bond acceptors (Lipinski definition) is 2. The van der Waals surface area contributed by atoms with Gasteiger partial charge in [-0.25, -0.2) is 0 Å². The van der Waals surface area contributed by atoms with E-state index in [0.29, 0.717) is 6.04 Å². The molecule has 1 fully saturated rings. The molecular weight excluding hydrogens is 262 g/mol. The van der Waals surface area contributed by atoms with Crippen LogP contribution in [-0.4, -0.2) is 18.1 Å². The number of rotatable bonds is 4. The molecule has 1 aliphatic rings. The number of amides is 1.